The summed E-state index contributed by atoms with van der Waals surface area (Å²) in [7, 11) is 0. The van der Waals surface area contributed by atoms with Crippen molar-refractivity contribution < 1.29 is 0 Å². The fourth-order valence-electron chi connectivity index (χ4n) is 2.67. The second-order valence-electron chi connectivity index (χ2n) is 5.82. The van der Waals surface area contributed by atoms with E-state index < -0.39 is 0 Å². The van der Waals surface area contributed by atoms with Crippen LogP contribution in [0.5, 0.6) is 0 Å². The zero-order chi connectivity index (χ0) is 17.3. The third kappa shape index (κ3) is 5.01. The molecule has 0 amide bonds. The highest BCUT2D eigenvalue weighted by Gasteiger charge is 2.04. The average molecular weight is 333 g/mol. The Labute approximate surface area is 148 Å². The zero-order valence-electron chi connectivity index (χ0n) is 14.4. The molecule has 0 saturated heterocycles. The van der Waals surface area contributed by atoms with Crippen molar-refractivity contribution in [3.05, 3.63) is 71.9 Å². The maximum absolute atomic E-state index is 4.49. The Balaban J connectivity index is 1.54. The Morgan fingerprint density at radius 2 is 1.76 bits per heavy atom. The zero-order valence-corrected chi connectivity index (χ0v) is 14.4. The minimum Gasteiger partial charge on any atom is -0.369 e. The molecule has 3 rings (SSSR count). The fraction of sp³-hybridized carbons (Fsp3) is 0.250. The summed E-state index contributed by atoms with van der Waals surface area (Å²) in [5.41, 5.74) is 3.60. The molecule has 0 aliphatic carbocycles. The van der Waals surface area contributed by atoms with Gasteiger partial charge in [0.2, 0.25) is 5.95 Å². The molecule has 5 heteroatoms. The minimum absolute atomic E-state index is 0.508. The van der Waals surface area contributed by atoms with E-state index in [1.807, 2.05) is 24.3 Å². The summed E-state index contributed by atoms with van der Waals surface area (Å²) >= 11 is 0. The van der Waals surface area contributed by atoms with Crippen LogP contribution in [-0.2, 0) is 12.8 Å². The number of aromatic nitrogens is 3. The molecule has 1 heterocycles. The van der Waals surface area contributed by atoms with Gasteiger partial charge in [-0.2, -0.15) is 10.1 Å². The number of anilines is 3. The van der Waals surface area contributed by atoms with Gasteiger partial charge in [-0.1, -0.05) is 55.5 Å². The first-order valence-electron chi connectivity index (χ1n) is 8.67. The van der Waals surface area contributed by atoms with Crippen molar-refractivity contribution >= 4 is 17.5 Å². The normalized spacial score (nSPS) is 10.4. The molecule has 3 aromatic rings. The number of para-hydroxylation sites is 1. The SMILES string of the molecule is CCc1ccccc1Nc1nncc(NCCCc2ccccc2)n1. The quantitative estimate of drug-likeness (QED) is 0.604. The fourth-order valence-corrected chi connectivity index (χ4v) is 2.67. The van der Waals surface area contributed by atoms with Crippen LogP contribution in [0.15, 0.2) is 60.8 Å². The third-order valence-electron chi connectivity index (χ3n) is 3.99. The van der Waals surface area contributed by atoms with E-state index in [1.54, 1.807) is 6.20 Å². The second-order valence-corrected chi connectivity index (χ2v) is 5.82. The molecular formula is C20H23N5. The van der Waals surface area contributed by atoms with Crippen LogP contribution in [0.25, 0.3) is 0 Å². The first kappa shape index (κ1) is 16.9. The second kappa shape index (κ2) is 8.78. The van der Waals surface area contributed by atoms with E-state index in [1.165, 1.54) is 11.1 Å². The van der Waals surface area contributed by atoms with Gasteiger partial charge in [-0.15, -0.1) is 5.10 Å². The van der Waals surface area contributed by atoms with Crippen molar-refractivity contribution in [2.24, 2.45) is 0 Å². The lowest BCUT2D eigenvalue weighted by molar-refractivity contribution is 0.853. The van der Waals surface area contributed by atoms with Gasteiger partial charge in [-0.25, -0.2) is 0 Å². The molecule has 128 valence electrons. The van der Waals surface area contributed by atoms with Crippen LogP contribution in [0.4, 0.5) is 17.5 Å². The Bertz CT molecular complexity index is 789. The molecule has 0 aliphatic heterocycles. The summed E-state index contributed by atoms with van der Waals surface area (Å²) in [6.45, 7) is 2.98. The predicted octanol–water partition coefficient (Wildman–Crippen LogP) is 4.22. The van der Waals surface area contributed by atoms with Crippen LogP contribution < -0.4 is 10.6 Å². The summed E-state index contributed by atoms with van der Waals surface area (Å²) in [5.74, 6) is 1.24. The molecule has 0 fully saturated rings. The number of benzene rings is 2. The Kier molecular flexibility index (Phi) is 5.93. The molecule has 0 bridgehead atoms. The number of rotatable bonds is 8. The number of aryl methyl sites for hydroxylation is 2. The van der Waals surface area contributed by atoms with E-state index >= 15 is 0 Å². The van der Waals surface area contributed by atoms with E-state index in [0.29, 0.717) is 5.95 Å². The van der Waals surface area contributed by atoms with Gasteiger partial charge in [0.1, 0.15) is 0 Å². The van der Waals surface area contributed by atoms with Crippen molar-refractivity contribution in [1.29, 1.82) is 0 Å². The molecule has 0 aliphatic rings. The third-order valence-corrected chi connectivity index (χ3v) is 3.99. The smallest absolute Gasteiger partial charge is 0.249 e. The molecule has 2 N–H and O–H groups in total. The maximum Gasteiger partial charge on any atom is 0.249 e. The first-order valence-corrected chi connectivity index (χ1v) is 8.67. The molecule has 25 heavy (non-hydrogen) atoms. The largest absolute Gasteiger partial charge is 0.369 e. The lowest BCUT2D eigenvalue weighted by atomic mass is 10.1. The van der Waals surface area contributed by atoms with Crippen LogP contribution in [0, 0.1) is 0 Å². The number of nitrogens with one attached hydrogen (secondary N) is 2. The lowest BCUT2D eigenvalue weighted by Crippen LogP contribution is -2.08. The molecule has 5 nitrogen and oxygen atoms in total. The van der Waals surface area contributed by atoms with Crippen LogP contribution in [0.2, 0.25) is 0 Å². The van der Waals surface area contributed by atoms with Crippen molar-refractivity contribution in [2.45, 2.75) is 26.2 Å². The van der Waals surface area contributed by atoms with Crippen LogP contribution in [0.3, 0.4) is 0 Å². The van der Waals surface area contributed by atoms with Gasteiger partial charge in [0.25, 0.3) is 0 Å². The summed E-state index contributed by atoms with van der Waals surface area (Å²) in [5, 5.41) is 14.7. The molecular weight excluding hydrogens is 310 g/mol. The van der Waals surface area contributed by atoms with Crippen molar-refractivity contribution in [2.75, 3.05) is 17.2 Å². The Morgan fingerprint density at radius 3 is 2.60 bits per heavy atom. The Morgan fingerprint density at radius 1 is 0.960 bits per heavy atom. The molecule has 0 spiro atoms. The monoisotopic (exact) mass is 333 g/mol. The number of nitrogens with zero attached hydrogens (tertiary/aromatic N) is 3. The van der Waals surface area contributed by atoms with Crippen LogP contribution in [0.1, 0.15) is 24.5 Å². The van der Waals surface area contributed by atoms with Gasteiger partial charge in [-0.05, 0) is 36.5 Å². The van der Waals surface area contributed by atoms with E-state index in [4.69, 9.17) is 0 Å². The Hall–Kier alpha value is -2.95. The molecule has 0 radical (unpaired) electrons. The van der Waals surface area contributed by atoms with Crippen LogP contribution in [-0.4, -0.2) is 21.7 Å². The van der Waals surface area contributed by atoms with Gasteiger partial charge in [0, 0.05) is 12.2 Å². The molecule has 2 aromatic carbocycles. The van der Waals surface area contributed by atoms with Gasteiger partial charge < -0.3 is 10.6 Å². The highest BCUT2D eigenvalue weighted by atomic mass is 15.3. The van der Waals surface area contributed by atoms with E-state index in [9.17, 15) is 0 Å². The standard InChI is InChI=1S/C20H23N5/c1-2-17-12-6-7-13-18(17)23-20-24-19(15-22-25-20)21-14-8-11-16-9-4-3-5-10-16/h3-7,9-10,12-13,15H,2,8,11,14H2,1H3,(H2,21,23,24,25). The predicted molar refractivity (Wildman–Crippen MR) is 102 cm³/mol. The number of hydrogen-bond acceptors (Lipinski definition) is 5. The first-order chi connectivity index (χ1) is 12.3. The van der Waals surface area contributed by atoms with Gasteiger partial charge in [0.05, 0.1) is 6.20 Å². The minimum atomic E-state index is 0.508. The molecule has 0 saturated carbocycles. The van der Waals surface area contributed by atoms with E-state index in [2.05, 4.69) is 63.1 Å². The topological polar surface area (TPSA) is 62.7 Å². The maximum atomic E-state index is 4.49. The average Bonchev–Trinajstić information content (AvgIpc) is 2.67. The highest BCUT2D eigenvalue weighted by molar-refractivity contribution is 5.58. The molecule has 0 atom stereocenters. The van der Waals surface area contributed by atoms with Gasteiger partial charge in [-0.3, -0.25) is 0 Å². The highest BCUT2D eigenvalue weighted by Crippen LogP contribution is 2.19. The number of hydrogen-bond donors (Lipinski definition) is 2. The summed E-state index contributed by atoms with van der Waals surface area (Å²) in [6.07, 6.45) is 4.68. The molecule has 1 aromatic heterocycles. The van der Waals surface area contributed by atoms with E-state index in [-0.39, 0.29) is 0 Å². The lowest BCUT2D eigenvalue weighted by Gasteiger charge is -2.10. The van der Waals surface area contributed by atoms with Crippen molar-refractivity contribution in [3.8, 4) is 0 Å². The van der Waals surface area contributed by atoms with Crippen molar-refractivity contribution in [1.82, 2.24) is 15.2 Å². The molecule has 0 unspecified atom stereocenters. The van der Waals surface area contributed by atoms with Gasteiger partial charge >= 0.3 is 0 Å². The van der Waals surface area contributed by atoms with Gasteiger partial charge in [0.15, 0.2) is 5.82 Å². The summed E-state index contributed by atoms with van der Waals surface area (Å²) in [6, 6.07) is 18.7. The van der Waals surface area contributed by atoms with Crippen molar-refractivity contribution in [3.63, 3.8) is 0 Å². The van der Waals surface area contributed by atoms with Crippen LogP contribution >= 0.6 is 0 Å². The summed E-state index contributed by atoms with van der Waals surface area (Å²) < 4.78 is 0. The van der Waals surface area contributed by atoms with E-state index in [0.717, 1.165) is 37.3 Å². The summed E-state index contributed by atoms with van der Waals surface area (Å²) in [4.78, 5) is 4.49.